The first-order chi connectivity index (χ1) is 16.5. The highest BCUT2D eigenvalue weighted by Crippen LogP contribution is 2.39. The summed E-state index contributed by atoms with van der Waals surface area (Å²) in [6.45, 7) is 7.01. The zero-order valence-corrected chi connectivity index (χ0v) is 19.6. The second kappa shape index (κ2) is 8.82. The summed E-state index contributed by atoms with van der Waals surface area (Å²) >= 11 is 0. The van der Waals surface area contributed by atoms with E-state index in [0.29, 0.717) is 29.7 Å². The van der Waals surface area contributed by atoms with Crippen molar-refractivity contribution in [3.05, 3.63) is 111 Å². The fourth-order valence-corrected chi connectivity index (χ4v) is 4.53. The third kappa shape index (κ3) is 3.77. The van der Waals surface area contributed by atoms with E-state index >= 15 is 0 Å². The molecular formula is C29H27NO4. The van der Waals surface area contributed by atoms with E-state index in [4.69, 9.17) is 9.15 Å². The molecule has 1 atom stereocenters. The fourth-order valence-electron chi connectivity index (χ4n) is 4.53. The first kappa shape index (κ1) is 22.0. The molecule has 3 aromatic carbocycles. The quantitative estimate of drug-likeness (QED) is 0.362. The van der Waals surface area contributed by atoms with E-state index in [2.05, 4.69) is 6.92 Å². The van der Waals surface area contributed by atoms with Crippen molar-refractivity contribution < 1.29 is 13.9 Å². The molecule has 1 aliphatic heterocycles. The maximum Gasteiger partial charge on any atom is 0.291 e. The summed E-state index contributed by atoms with van der Waals surface area (Å²) in [6, 6.07) is 20.6. The van der Waals surface area contributed by atoms with Crippen molar-refractivity contribution in [2.75, 3.05) is 6.61 Å². The largest absolute Gasteiger partial charge is 0.494 e. The van der Waals surface area contributed by atoms with Crippen LogP contribution in [0.5, 0.6) is 5.75 Å². The molecule has 0 radical (unpaired) electrons. The third-order valence-corrected chi connectivity index (χ3v) is 6.45. The van der Waals surface area contributed by atoms with Crippen LogP contribution in [-0.2, 0) is 6.54 Å². The average molecular weight is 454 g/mol. The molecule has 0 N–H and O–H groups in total. The van der Waals surface area contributed by atoms with E-state index in [1.165, 1.54) is 0 Å². The number of carbonyl (C=O) groups is 1. The van der Waals surface area contributed by atoms with Crippen LogP contribution in [0.1, 0.15) is 57.8 Å². The number of amides is 1. The van der Waals surface area contributed by atoms with Gasteiger partial charge in [-0.1, -0.05) is 49.4 Å². The number of nitrogens with zero attached hydrogens (tertiary/aromatic N) is 1. The van der Waals surface area contributed by atoms with Gasteiger partial charge in [-0.2, -0.15) is 0 Å². The lowest BCUT2D eigenvalue weighted by atomic mass is 9.97. The molecule has 0 bridgehead atoms. The predicted molar refractivity (Wildman–Crippen MR) is 132 cm³/mol. The zero-order valence-electron chi connectivity index (χ0n) is 19.6. The molecule has 5 nitrogen and oxygen atoms in total. The average Bonchev–Trinajstić information content (AvgIpc) is 3.12. The van der Waals surface area contributed by atoms with Crippen molar-refractivity contribution in [2.24, 2.45) is 0 Å². The molecule has 1 unspecified atom stereocenters. The van der Waals surface area contributed by atoms with E-state index in [0.717, 1.165) is 34.4 Å². The summed E-state index contributed by atoms with van der Waals surface area (Å²) in [6.07, 6.45) is 0.921. The van der Waals surface area contributed by atoms with Crippen LogP contribution in [0.4, 0.5) is 0 Å². The van der Waals surface area contributed by atoms with Gasteiger partial charge in [-0.25, -0.2) is 0 Å². The van der Waals surface area contributed by atoms with Crippen LogP contribution in [0.15, 0.2) is 75.9 Å². The molecule has 2 heterocycles. The Morgan fingerprint density at radius 3 is 2.35 bits per heavy atom. The van der Waals surface area contributed by atoms with Gasteiger partial charge in [0.15, 0.2) is 5.43 Å². The van der Waals surface area contributed by atoms with Gasteiger partial charge in [0, 0.05) is 6.54 Å². The van der Waals surface area contributed by atoms with Crippen LogP contribution in [0, 0.1) is 13.8 Å². The molecular weight excluding hydrogens is 426 g/mol. The van der Waals surface area contributed by atoms with Gasteiger partial charge in [0.05, 0.1) is 23.6 Å². The van der Waals surface area contributed by atoms with Gasteiger partial charge in [0.1, 0.15) is 11.3 Å². The number of ether oxygens (including phenoxy) is 1. The summed E-state index contributed by atoms with van der Waals surface area (Å²) in [7, 11) is 0. The molecule has 4 aromatic rings. The number of benzene rings is 3. The predicted octanol–water partition coefficient (Wildman–Crippen LogP) is 5.94. The highest BCUT2D eigenvalue weighted by atomic mass is 16.5. The fraction of sp³-hybridized carbons (Fsp3) is 0.241. The van der Waals surface area contributed by atoms with E-state index in [1.54, 1.807) is 4.90 Å². The van der Waals surface area contributed by atoms with Crippen molar-refractivity contribution in [3.8, 4) is 5.75 Å². The molecule has 34 heavy (non-hydrogen) atoms. The summed E-state index contributed by atoms with van der Waals surface area (Å²) in [5, 5.41) is 0.504. The van der Waals surface area contributed by atoms with Gasteiger partial charge < -0.3 is 14.1 Å². The first-order valence-corrected chi connectivity index (χ1v) is 11.6. The maximum atomic E-state index is 13.8. The Kier molecular flexibility index (Phi) is 5.70. The van der Waals surface area contributed by atoms with Gasteiger partial charge >= 0.3 is 0 Å². The van der Waals surface area contributed by atoms with Crippen molar-refractivity contribution in [3.63, 3.8) is 0 Å². The van der Waals surface area contributed by atoms with Crippen LogP contribution in [-0.4, -0.2) is 17.4 Å². The lowest BCUT2D eigenvalue weighted by Gasteiger charge is -2.25. The number of hydrogen-bond donors (Lipinski definition) is 0. The van der Waals surface area contributed by atoms with E-state index in [-0.39, 0.29) is 17.1 Å². The minimum Gasteiger partial charge on any atom is -0.494 e. The lowest BCUT2D eigenvalue weighted by molar-refractivity contribution is 0.0714. The molecule has 0 fully saturated rings. The molecule has 172 valence electrons. The summed E-state index contributed by atoms with van der Waals surface area (Å²) in [4.78, 5) is 29.1. The minimum atomic E-state index is -0.537. The maximum absolute atomic E-state index is 13.8. The molecule has 1 aliphatic rings. The van der Waals surface area contributed by atoms with Crippen molar-refractivity contribution >= 4 is 16.9 Å². The Hall–Kier alpha value is -3.86. The molecule has 0 saturated carbocycles. The van der Waals surface area contributed by atoms with Gasteiger partial charge in [0.25, 0.3) is 5.91 Å². The van der Waals surface area contributed by atoms with Crippen LogP contribution in [0.25, 0.3) is 11.0 Å². The summed E-state index contributed by atoms with van der Waals surface area (Å²) in [5.41, 5.74) is 4.56. The van der Waals surface area contributed by atoms with Crippen molar-refractivity contribution in [1.82, 2.24) is 4.90 Å². The van der Waals surface area contributed by atoms with Crippen molar-refractivity contribution in [1.29, 1.82) is 0 Å². The van der Waals surface area contributed by atoms with Crippen LogP contribution >= 0.6 is 0 Å². The summed E-state index contributed by atoms with van der Waals surface area (Å²) in [5.74, 6) is 0.627. The van der Waals surface area contributed by atoms with Gasteiger partial charge in [0.2, 0.25) is 5.76 Å². The standard InChI is InChI=1S/C29H27NO4/c1-4-14-33-22-12-10-21(11-13-22)26-25-27(31)23-15-18(2)19(3)16-24(23)34-28(25)29(32)30(26)17-20-8-6-5-7-9-20/h5-13,15-16,26H,4,14,17H2,1-3H3. The van der Waals surface area contributed by atoms with Gasteiger partial charge in [-0.3, -0.25) is 9.59 Å². The Labute approximate surface area is 198 Å². The lowest BCUT2D eigenvalue weighted by Crippen LogP contribution is -2.29. The topological polar surface area (TPSA) is 59.8 Å². The normalized spacial score (nSPS) is 15.1. The van der Waals surface area contributed by atoms with E-state index < -0.39 is 6.04 Å². The highest BCUT2D eigenvalue weighted by Gasteiger charge is 2.42. The smallest absolute Gasteiger partial charge is 0.291 e. The van der Waals surface area contributed by atoms with E-state index in [9.17, 15) is 9.59 Å². The number of hydrogen-bond acceptors (Lipinski definition) is 4. The summed E-state index contributed by atoms with van der Waals surface area (Å²) < 4.78 is 11.8. The third-order valence-electron chi connectivity index (χ3n) is 6.45. The Balaban J connectivity index is 1.67. The molecule has 5 heteroatoms. The zero-order chi connectivity index (χ0) is 23.8. The second-order valence-electron chi connectivity index (χ2n) is 8.85. The highest BCUT2D eigenvalue weighted by molar-refractivity contribution is 5.99. The Morgan fingerprint density at radius 1 is 0.941 bits per heavy atom. The molecule has 0 spiro atoms. The van der Waals surface area contributed by atoms with Crippen LogP contribution in [0.2, 0.25) is 0 Å². The number of fused-ring (bicyclic) bond motifs is 2. The molecule has 1 aromatic heterocycles. The first-order valence-electron chi connectivity index (χ1n) is 11.6. The monoisotopic (exact) mass is 453 g/mol. The number of rotatable bonds is 6. The van der Waals surface area contributed by atoms with Crippen LogP contribution < -0.4 is 10.2 Å². The Morgan fingerprint density at radius 2 is 1.65 bits per heavy atom. The van der Waals surface area contributed by atoms with Crippen LogP contribution in [0.3, 0.4) is 0 Å². The minimum absolute atomic E-state index is 0.132. The van der Waals surface area contributed by atoms with Crippen molar-refractivity contribution in [2.45, 2.75) is 39.8 Å². The molecule has 0 aliphatic carbocycles. The van der Waals surface area contributed by atoms with E-state index in [1.807, 2.05) is 80.6 Å². The van der Waals surface area contributed by atoms with Gasteiger partial charge in [-0.15, -0.1) is 0 Å². The number of aryl methyl sites for hydroxylation is 2. The molecule has 0 saturated heterocycles. The molecule has 1 amide bonds. The number of carbonyl (C=O) groups excluding carboxylic acids is 1. The Bertz CT molecular complexity index is 1420. The SMILES string of the molecule is CCCOc1ccc(C2c3c(oc4cc(C)c(C)cc4c3=O)C(=O)N2Cc2ccccc2)cc1. The second-order valence-corrected chi connectivity index (χ2v) is 8.85. The molecule has 5 rings (SSSR count). The van der Waals surface area contributed by atoms with Gasteiger partial charge in [-0.05, 0) is 66.8 Å².